The standard InChI is InChI=1S/C34H46N2O7Si/c1-23-32(44(4,5)26-15-13-25(41-2)14-16-26)29(18-21-37)43-34(23)27-22-24(35-19-8-6-10-30(35)38)12-17-28(27)36(33(34)40)20-9-7-11-31(39)42-3/h12-17,22-23,29,32,37H,6-11,18-21H2,1-5H3/t23-,29+,32-,34+/m1/s1. The molecule has 2 aromatic rings. The fourth-order valence-electron chi connectivity index (χ4n) is 7.81. The summed E-state index contributed by atoms with van der Waals surface area (Å²) in [6, 6.07) is 14.1. The summed E-state index contributed by atoms with van der Waals surface area (Å²) < 4.78 is 17.2. The van der Waals surface area contributed by atoms with Crippen LogP contribution in [0.3, 0.4) is 0 Å². The van der Waals surface area contributed by atoms with E-state index in [2.05, 4.69) is 32.2 Å². The van der Waals surface area contributed by atoms with Gasteiger partial charge in [0, 0.05) is 49.7 Å². The van der Waals surface area contributed by atoms with Gasteiger partial charge in [0.05, 0.1) is 34.1 Å². The lowest BCUT2D eigenvalue weighted by atomic mass is 9.82. The molecule has 2 aromatic carbocycles. The number of esters is 1. The number of hydrogen-bond donors (Lipinski definition) is 1. The molecule has 2 saturated heterocycles. The van der Waals surface area contributed by atoms with E-state index in [0.717, 1.165) is 35.5 Å². The van der Waals surface area contributed by atoms with Crippen molar-refractivity contribution in [1.29, 1.82) is 0 Å². The van der Waals surface area contributed by atoms with Gasteiger partial charge in [0.25, 0.3) is 5.91 Å². The van der Waals surface area contributed by atoms with Crippen molar-refractivity contribution >= 4 is 42.4 Å². The minimum absolute atomic E-state index is 0.0272. The quantitative estimate of drug-likeness (QED) is 0.224. The van der Waals surface area contributed by atoms with Gasteiger partial charge in [-0.15, -0.1) is 0 Å². The molecule has 2 amide bonds. The molecule has 9 nitrogen and oxygen atoms in total. The van der Waals surface area contributed by atoms with Gasteiger partial charge in [-0.05, 0) is 68.0 Å². The van der Waals surface area contributed by atoms with Crippen molar-refractivity contribution in [1.82, 2.24) is 0 Å². The number of anilines is 2. The molecule has 5 rings (SSSR count). The zero-order chi connectivity index (χ0) is 31.6. The normalized spacial score (nSPS) is 25.1. The number of ether oxygens (including phenoxy) is 3. The highest BCUT2D eigenvalue weighted by Gasteiger charge is 2.66. The van der Waals surface area contributed by atoms with Crippen LogP contribution in [0.1, 0.15) is 57.4 Å². The van der Waals surface area contributed by atoms with E-state index >= 15 is 0 Å². The number of fused-ring (bicyclic) bond motifs is 2. The molecule has 2 fully saturated rings. The van der Waals surface area contributed by atoms with Gasteiger partial charge >= 0.3 is 5.97 Å². The molecule has 3 aliphatic rings. The summed E-state index contributed by atoms with van der Waals surface area (Å²) in [6.45, 7) is 7.81. The second-order valence-electron chi connectivity index (χ2n) is 12.9. The zero-order valence-electron chi connectivity index (χ0n) is 26.6. The summed E-state index contributed by atoms with van der Waals surface area (Å²) in [5.74, 6) is 0.323. The largest absolute Gasteiger partial charge is 0.497 e. The Morgan fingerprint density at radius 2 is 1.84 bits per heavy atom. The van der Waals surface area contributed by atoms with Crippen molar-refractivity contribution in [3.05, 3.63) is 48.0 Å². The molecule has 3 heterocycles. The fourth-order valence-corrected chi connectivity index (χ4v) is 11.9. The lowest BCUT2D eigenvalue weighted by Gasteiger charge is -2.37. The number of hydrogen-bond acceptors (Lipinski definition) is 7. The van der Waals surface area contributed by atoms with Crippen LogP contribution >= 0.6 is 0 Å². The molecule has 44 heavy (non-hydrogen) atoms. The number of benzene rings is 2. The minimum atomic E-state index is -2.30. The highest BCUT2D eigenvalue weighted by Crippen LogP contribution is 2.60. The average Bonchev–Trinajstić information content (AvgIpc) is 3.45. The van der Waals surface area contributed by atoms with Crippen LogP contribution in [0.4, 0.5) is 11.4 Å². The number of nitrogens with zero attached hydrogens (tertiary/aromatic N) is 2. The van der Waals surface area contributed by atoms with E-state index in [9.17, 15) is 19.5 Å². The number of unbranched alkanes of at least 4 members (excludes halogenated alkanes) is 1. The minimum Gasteiger partial charge on any atom is -0.497 e. The summed E-state index contributed by atoms with van der Waals surface area (Å²) in [6.07, 6.45) is 3.97. The smallest absolute Gasteiger partial charge is 0.305 e. The Morgan fingerprint density at radius 1 is 1.09 bits per heavy atom. The third kappa shape index (κ3) is 5.56. The van der Waals surface area contributed by atoms with Crippen molar-refractivity contribution in [2.24, 2.45) is 5.92 Å². The van der Waals surface area contributed by atoms with Crippen molar-refractivity contribution in [2.75, 3.05) is 43.7 Å². The second kappa shape index (κ2) is 13.0. The maximum absolute atomic E-state index is 14.7. The van der Waals surface area contributed by atoms with E-state index in [1.54, 1.807) is 7.11 Å². The van der Waals surface area contributed by atoms with E-state index < -0.39 is 13.7 Å². The Morgan fingerprint density at radius 3 is 2.50 bits per heavy atom. The Labute approximate surface area is 261 Å². The number of aliphatic hydroxyl groups is 1. The predicted molar refractivity (Wildman–Crippen MR) is 172 cm³/mol. The molecule has 4 atom stereocenters. The number of piperidine rings is 1. The van der Waals surface area contributed by atoms with Gasteiger partial charge in [0.1, 0.15) is 5.75 Å². The molecule has 1 N–H and O–H groups in total. The molecule has 0 bridgehead atoms. The summed E-state index contributed by atoms with van der Waals surface area (Å²) in [4.78, 5) is 43.0. The molecule has 0 aliphatic carbocycles. The first-order valence-electron chi connectivity index (χ1n) is 15.9. The second-order valence-corrected chi connectivity index (χ2v) is 17.6. The van der Waals surface area contributed by atoms with Crippen LogP contribution in [0.5, 0.6) is 5.75 Å². The first-order chi connectivity index (χ1) is 21.1. The van der Waals surface area contributed by atoms with Gasteiger partial charge in [-0.3, -0.25) is 14.4 Å². The first kappa shape index (κ1) is 32.2. The summed E-state index contributed by atoms with van der Waals surface area (Å²) in [7, 11) is 0.740. The van der Waals surface area contributed by atoms with E-state index in [-0.39, 0.29) is 42.0 Å². The van der Waals surface area contributed by atoms with E-state index in [0.29, 0.717) is 45.2 Å². The van der Waals surface area contributed by atoms with Crippen LogP contribution < -0.4 is 19.7 Å². The van der Waals surface area contributed by atoms with Crippen LogP contribution in [0.25, 0.3) is 0 Å². The zero-order valence-corrected chi connectivity index (χ0v) is 27.6. The highest BCUT2D eigenvalue weighted by molar-refractivity contribution is 6.91. The van der Waals surface area contributed by atoms with Gasteiger partial charge in [-0.2, -0.15) is 0 Å². The third-order valence-electron chi connectivity index (χ3n) is 10.1. The lowest BCUT2D eigenvalue weighted by molar-refractivity contribution is -0.146. The van der Waals surface area contributed by atoms with Crippen LogP contribution in [-0.2, 0) is 29.5 Å². The summed E-state index contributed by atoms with van der Waals surface area (Å²) >= 11 is 0. The maximum Gasteiger partial charge on any atom is 0.305 e. The first-order valence-corrected chi connectivity index (χ1v) is 18.9. The molecular weight excluding hydrogens is 576 g/mol. The monoisotopic (exact) mass is 622 g/mol. The van der Waals surface area contributed by atoms with Crippen molar-refractivity contribution < 1.29 is 33.7 Å². The van der Waals surface area contributed by atoms with Gasteiger partial charge in [-0.1, -0.05) is 37.3 Å². The number of carbonyl (C=O) groups is 3. The van der Waals surface area contributed by atoms with Crippen LogP contribution in [0.15, 0.2) is 42.5 Å². The van der Waals surface area contributed by atoms with Crippen LogP contribution in [0, 0.1) is 5.92 Å². The average molecular weight is 623 g/mol. The number of aliphatic hydroxyl groups excluding tert-OH is 1. The van der Waals surface area contributed by atoms with Crippen LogP contribution in [-0.4, -0.2) is 71.0 Å². The van der Waals surface area contributed by atoms with E-state index in [1.807, 2.05) is 40.1 Å². The molecule has 1 spiro atoms. The number of carbonyl (C=O) groups excluding carboxylic acids is 3. The Kier molecular flexibility index (Phi) is 9.53. The molecule has 3 aliphatic heterocycles. The Bertz CT molecular complexity index is 1380. The van der Waals surface area contributed by atoms with Crippen molar-refractivity contribution in [2.45, 2.75) is 82.2 Å². The molecule has 0 saturated carbocycles. The van der Waals surface area contributed by atoms with Crippen molar-refractivity contribution in [3.63, 3.8) is 0 Å². The summed E-state index contributed by atoms with van der Waals surface area (Å²) in [5, 5.41) is 11.4. The Hall–Kier alpha value is -3.21. The van der Waals surface area contributed by atoms with E-state index in [1.165, 1.54) is 12.3 Å². The van der Waals surface area contributed by atoms with Gasteiger partial charge < -0.3 is 29.1 Å². The lowest BCUT2D eigenvalue weighted by Crippen LogP contribution is -2.52. The van der Waals surface area contributed by atoms with Gasteiger partial charge in [0.2, 0.25) is 5.91 Å². The third-order valence-corrected chi connectivity index (χ3v) is 14.5. The predicted octanol–water partition coefficient (Wildman–Crippen LogP) is 4.50. The fraction of sp³-hybridized carbons (Fsp3) is 0.559. The molecule has 10 heteroatoms. The molecule has 0 unspecified atom stereocenters. The molecule has 0 aromatic heterocycles. The topological polar surface area (TPSA) is 106 Å². The maximum atomic E-state index is 14.7. The number of rotatable bonds is 11. The number of methoxy groups -OCH3 is 2. The number of amides is 2. The highest BCUT2D eigenvalue weighted by atomic mass is 28.3. The summed E-state index contributed by atoms with van der Waals surface area (Å²) in [5.41, 5.74) is 1.16. The Balaban J connectivity index is 1.57. The molecular formula is C34H46N2O7Si. The van der Waals surface area contributed by atoms with Gasteiger partial charge in [0.15, 0.2) is 5.60 Å². The van der Waals surface area contributed by atoms with Crippen LogP contribution in [0.2, 0.25) is 18.6 Å². The molecule has 238 valence electrons. The SMILES string of the molecule is COC(=O)CCCCN1C(=O)[C@@]2(O[C@@H](CCO)[C@H]([Si](C)(C)c3ccc(OC)cc3)[C@H]2C)c2cc(N3CCCCC3=O)ccc21. The van der Waals surface area contributed by atoms with E-state index in [4.69, 9.17) is 14.2 Å². The molecule has 0 radical (unpaired) electrons. The van der Waals surface area contributed by atoms with Gasteiger partial charge in [-0.25, -0.2) is 0 Å². The van der Waals surface area contributed by atoms with Crippen molar-refractivity contribution in [3.8, 4) is 5.75 Å².